The lowest BCUT2D eigenvalue weighted by molar-refractivity contribution is 0.102. The second-order valence-corrected chi connectivity index (χ2v) is 4.59. The molecule has 2 aromatic rings. The Kier molecular flexibility index (Phi) is 5.04. The van der Waals surface area contributed by atoms with Crippen molar-refractivity contribution in [2.45, 2.75) is 13.8 Å². The van der Waals surface area contributed by atoms with Crippen molar-refractivity contribution in [3.8, 4) is 6.07 Å². The second-order valence-electron chi connectivity index (χ2n) is 4.59. The van der Waals surface area contributed by atoms with Crippen LogP contribution in [-0.4, -0.2) is 29.0 Å². The summed E-state index contributed by atoms with van der Waals surface area (Å²) in [5.41, 5.74) is 1.43. The summed E-state index contributed by atoms with van der Waals surface area (Å²) in [7, 11) is 0. The Hall–Kier alpha value is -2.94. The number of anilines is 2. The highest BCUT2D eigenvalue weighted by atomic mass is 16.1. The van der Waals surface area contributed by atoms with Crippen LogP contribution >= 0.6 is 0 Å². The van der Waals surface area contributed by atoms with E-state index in [9.17, 15) is 4.79 Å². The summed E-state index contributed by atoms with van der Waals surface area (Å²) >= 11 is 0. The van der Waals surface area contributed by atoms with Crippen LogP contribution in [0.3, 0.4) is 0 Å². The van der Waals surface area contributed by atoms with Crippen LogP contribution in [0.15, 0.2) is 36.7 Å². The average Bonchev–Trinajstić information content (AvgIpc) is 2.56. The quantitative estimate of drug-likeness (QED) is 0.916. The highest BCUT2D eigenvalue weighted by Crippen LogP contribution is 2.12. The first kappa shape index (κ1) is 15.4. The zero-order valence-electron chi connectivity index (χ0n) is 12.6. The van der Waals surface area contributed by atoms with Gasteiger partial charge in [-0.15, -0.1) is 0 Å². The molecular weight excluding hydrogens is 278 g/mol. The molecule has 1 N–H and O–H groups in total. The van der Waals surface area contributed by atoms with E-state index in [1.54, 1.807) is 24.3 Å². The Labute approximate surface area is 129 Å². The summed E-state index contributed by atoms with van der Waals surface area (Å²) < 4.78 is 0. The van der Waals surface area contributed by atoms with Crippen LogP contribution in [0, 0.1) is 11.3 Å². The maximum absolute atomic E-state index is 12.1. The molecule has 0 fully saturated rings. The standard InChI is InChI=1S/C16H17N5O/c1-3-21(4-2)16-18-10-13(11-19-16)15(22)20-14-7-5-6-12(8-14)9-17/h5-8,10-11H,3-4H2,1-2H3,(H,20,22). The van der Waals surface area contributed by atoms with Crippen molar-refractivity contribution >= 4 is 17.5 Å². The minimum atomic E-state index is -0.304. The number of aromatic nitrogens is 2. The van der Waals surface area contributed by atoms with Crippen LogP contribution in [0.2, 0.25) is 0 Å². The van der Waals surface area contributed by atoms with E-state index in [1.165, 1.54) is 12.4 Å². The fourth-order valence-corrected chi connectivity index (χ4v) is 1.98. The van der Waals surface area contributed by atoms with E-state index in [0.29, 0.717) is 22.8 Å². The lowest BCUT2D eigenvalue weighted by Gasteiger charge is -2.17. The SMILES string of the molecule is CCN(CC)c1ncc(C(=O)Nc2cccc(C#N)c2)cn1. The van der Waals surface area contributed by atoms with E-state index < -0.39 is 0 Å². The van der Waals surface area contributed by atoms with Gasteiger partial charge in [-0.05, 0) is 32.0 Å². The van der Waals surface area contributed by atoms with Crippen LogP contribution in [0.5, 0.6) is 0 Å². The van der Waals surface area contributed by atoms with Crippen LogP contribution in [-0.2, 0) is 0 Å². The third kappa shape index (κ3) is 3.58. The molecule has 1 aromatic carbocycles. The predicted octanol–water partition coefficient (Wildman–Crippen LogP) is 2.45. The van der Waals surface area contributed by atoms with Gasteiger partial charge in [0.25, 0.3) is 5.91 Å². The molecule has 0 bridgehead atoms. The summed E-state index contributed by atoms with van der Waals surface area (Å²) in [6.07, 6.45) is 3.01. The van der Waals surface area contributed by atoms with Gasteiger partial charge in [-0.2, -0.15) is 5.26 Å². The number of amides is 1. The maximum Gasteiger partial charge on any atom is 0.258 e. The average molecular weight is 295 g/mol. The fraction of sp³-hybridized carbons (Fsp3) is 0.250. The number of nitriles is 1. The van der Waals surface area contributed by atoms with Crippen molar-refractivity contribution in [2.24, 2.45) is 0 Å². The van der Waals surface area contributed by atoms with Crippen molar-refractivity contribution in [3.05, 3.63) is 47.8 Å². The van der Waals surface area contributed by atoms with Gasteiger partial charge in [0.15, 0.2) is 0 Å². The molecule has 0 aliphatic heterocycles. The van der Waals surface area contributed by atoms with Gasteiger partial charge in [0.2, 0.25) is 5.95 Å². The highest BCUT2D eigenvalue weighted by Gasteiger charge is 2.10. The highest BCUT2D eigenvalue weighted by molar-refractivity contribution is 6.03. The van der Waals surface area contributed by atoms with Crippen LogP contribution in [0.4, 0.5) is 11.6 Å². The molecule has 0 unspecified atom stereocenters. The molecule has 0 spiro atoms. The Morgan fingerprint density at radius 1 is 1.27 bits per heavy atom. The largest absolute Gasteiger partial charge is 0.341 e. The lowest BCUT2D eigenvalue weighted by Crippen LogP contribution is -2.24. The molecule has 1 aromatic heterocycles. The van der Waals surface area contributed by atoms with E-state index in [2.05, 4.69) is 15.3 Å². The first-order valence-electron chi connectivity index (χ1n) is 7.06. The molecule has 1 amide bonds. The lowest BCUT2D eigenvalue weighted by atomic mass is 10.2. The van der Waals surface area contributed by atoms with Crippen molar-refractivity contribution in [1.82, 2.24) is 9.97 Å². The van der Waals surface area contributed by atoms with Gasteiger partial charge in [-0.25, -0.2) is 9.97 Å². The molecule has 1 heterocycles. The first-order chi connectivity index (χ1) is 10.7. The van der Waals surface area contributed by atoms with Crippen molar-refractivity contribution < 1.29 is 4.79 Å². The number of hydrogen-bond acceptors (Lipinski definition) is 5. The number of carbonyl (C=O) groups is 1. The first-order valence-corrected chi connectivity index (χ1v) is 7.06. The summed E-state index contributed by atoms with van der Waals surface area (Å²) in [6.45, 7) is 5.66. The van der Waals surface area contributed by atoms with Gasteiger partial charge < -0.3 is 10.2 Å². The Balaban J connectivity index is 2.11. The molecule has 112 valence electrons. The summed E-state index contributed by atoms with van der Waals surface area (Å²) in [5.74, 6) is 0.300. The number of nitrogens with zero attached hydrogens (tertiary/aromatic N) is 4. The predicted molar refractivity (Wildman–Crippen MR) is 84.7 cm³/mol. The molecule has 0 atom stereocenters. The van der Waals surface area contributed by atoms with Crippen LogP contribution in [0.25, 0.3) is 0 Å². The molecule has 6 heteroatoms. The number of carbonyl (C=O) groups excluding carboxylic acids is 1. The van der Waals surface area contributed by atoms with Crippen molar-refractivity contribution in [1.29, 1.82) is 5.26 Å². The molecule has 0 aliphatic carbocycles. The third-order valence-corrected chi connectivity index (χ3v) is 3.20. The second kappa shape index (κ2) is 7.18. The number of nitrogens with one attached hydrogen (secondary N) is 1. The number of benzene rings is 1. The molecule has 6 nitrogen and oxygen atoms in total. The fourth-order valence-electron chi connectivity index (χ4n) is 1.98. The minimum Gasteiger partial charge on any atom is -0.341 e. The van der Waals surface area contributed by atoms with Crippen LogP contribution in [0.1, 0.15) is 29.8 Å². The Bertz CT molecular complexity index is 686. The van der Waals surface area contributed by atoms with Crippen molar-refractivity contribution in [2.75, 3.05) is 23.3 Å². The molecule has 0 radical (unpaired) electrons. The van der Waals surface area contributed by atoms with E-state index in [1.807, 2.05) is 24.8 Å². The van der Waals surface area contributed by atoms with Crippen molar-refractivity contribution in [3.63, 3.8) is 0 Å². The van der Waals surface area contributed by atoms with Gasteiger partial charge in [-0.1, -0.05) is 6.07 Å². The van der Waals surface area contributed by atoms with E-state index in [-0.39, 0.29) is 5.91 Å². The number of hydrogen-bond donors (Lipinski definition) is 1. The Morgan fingerprint density at radius 2 is 1.95 bits per heavy atom. The van der Waals surface area contributed by atoms with E-state index in [4.69, 9.17) is 5.26 Å². The smallest absolute Gasteiger partial charge is 0.258 e. The maximum atomic E-state index is 12.1. The third-order valence-electron chi connectivity index (χ3n) is 3.20. The summed E-state index contributed by atoms with van der Waals surface area (Å²) in [4.78, 5) is 22.6. The monoisotopic (exact) mass is 295 g/mol. The van der Waals surface area contributed by atoms with E-state index in [0.717, 1.165) is 13.1 Å². The zero-order chi connectivity index (χ0) is 15.9. The minimum absolute atomic E-state index is 0.304. The number of rotatable bonds is 5. The molecule has 22 heavy (non-hydrogen) atoms. The summed E-state index contributed by atoms with van der Waals surface area (Å²) in [5, 5.41) is 11.6. The molecule has 0 saturated heterocycles. The normalized spacial score (nSPS) is 9.86. The van der Waals surface area contributed by atoms with Gasteiger partial charge in [0.1, 0.15) is 0 Å². The van der Waals surface area contributed by atoms with Gasteiger partial charge in [-0.3, -0.25) is 4.79 Å². The summed E-state index contributed by atoms with van der Waals surface area (Å²) in [6, 6.07) is 8.77. The molecular formula is C16H17N5O. The van der Waals surface area contributed by atoms with Gasteiger partial charge in [0.05, 0.1) is 17.2 Å². The zero-order valence-corrected chi connectivity index (χ0v) is 12.6. The van der Waals surface area contributed by atoms with E-state index >= 15 is 0 Å². The van der Waals surface area contributed by atoms with Gasteiger partial charge >= 0.3 is 0 Å². The molecule has 0 aliphatic rings. The molecule has 0 saturated carbocycles. The Morgan fingerprint density at radius 3 is 2.55 bits per heavy atom. The molecule has 2 rings (SSSR count). The topological polar surface area (TPSA) is 81.9 Å². The van der Waals surface area contributed by atoms with Gasteiger partial charge in [0, 0.05) is 31.2 Å². The van der Waals surface area contributed by atoms with Crippen LogP contribution < -0.4 is 10.2 Å².